The van der Waals surface area contributed by atoms with E-state index in [1.54, 1.807) is 12.1 Å². The van der Waals surface area contributed by atoms with Gasteiger partial charge in [-0.2, -0.15) is 0 Å². The lowest BCUT2D eigenvalue weighted by atomic mass is 9.84. The highest BCUT2D eigenvalue weighted by molar-refractivity contribution is 5.80. The average Bonchev–Trinajstić information content (AvgIpc) is 2.17. The third kappa shape index (κ3) is 1.67. The summed E-state index contributed by atoms with van der Waals surface area (Å²) in [6.45, 7) is 1.05. The van der Waals surface area contributed by atoms with Crippen LogP contribution in [0, 0.1) is 0 Å². The molecule has 0 fully saturated rings. The van der Waals surface area contributed by atoms with Crippen LogP contribution >= 0.6 is 0 Å². The van der Waals surface area contributed by atoms with Gasteiger partial charge < -0.3 is 10.2 Å². The van der Waals surface area contributed by atoms with Crippen molar-refractivity contribution >= 4 is 5.97 Å². The summed E-state index contributed by atoms with van der Waals surface area (Å²) in [5, 5.41) is 17.9. The quantitative estimate of drug-likeness (QED) is 0.708. The largest absolute Gasteiger partial charge is 0.481 e. The van der Waals surface area contributed by atoms with Crippen molar-refractivity contribution in [3.05, 3.63) is 30.1 Å². The van der Waals surface area contributed by atoms with Crippen molar-refractivity contribution < 1.29 is 15.0 Å². The number of aliphatic carboxylic acids is 1. The van der Waals surface area contributed by atoms with Gasteiger partial charge in [-0.3, -0.25) is 9.78 Å². The summed E-state index contributed by atoms with van der Waals surface area (Å²) in [6.07, 6.45) is 3.01. The topological polar surface area (TPSA) is 70.4 Å². The summed E-state index contributed by atoms with van der Waals surface area (Å²) in [7, 11) is 0. The second kappa shape index (κ2) is 3.53. The van der Waals surface area contributed by atoms with Crippen molar-refractivity contribution in [3.8, 4) is 0 Å². The van der Waals surface area contributed by atoms with Crippen LogP contribution in [0.25, 0.3) is 0 Å². The summed E-state index contributed by atoms with van der Waals surface area (Å²) in [5.41, 5.74) is -0.680. The van der Waals surface area contributed by atoms with E-state index in [2.05, 4.69) is 4.98 Å². The summed E-state index contributed by atoms with van der Waals surface area (Å²) in [6, 6.07) is 3.18. The van der Waals surface area contributed by atoms with E-state index in [0.717, 1.165) is 0 Å². The Balaban J connectivity index is 3.11. The van der Waals surface area contributed by atoms with Gasteiger partial charge in [0.15, 0.2) is 0 Å². The second-order valence-corrected chi connectivity index (χ2v) is 3.03. The highest BCUT2D eigenvalue weighted by atomic mass is 16.4. The van der Waals surface area contributed by atoms with Gasteiger partial charge in [-0.15, -0.1) is 0 Å². The van der Waals surface area contributed by atoms with Crippen molar-refractivity contribution in [3.63, 3.8) is 0 Å². The van der Waals surface area contributed by atoms with Gasteiger partial charge in [-0.1, -0.05) is 0 Å². The van der Waals surface area contributed by atoms with Crippen molar-refractivity contribution in [1.82, 2.24) is 4.98 Å². The van der Waals surface area contributed by atoms with Crippen LogP contribution < -0.4 is 0 Å². The number of carbonyl (C=O) groups is 1. The van der Waals surface area contributed by atoms with Gasteiger partial charge in [-0.25, -0.2) is 0 Å². The van der Waals surface area contributed by atoms with E-state index in [1.807, 2.05) is 0 Å². The highest BCUT2D eigenvalue weighted by Gasteiger charge is 2.34. The van der Waals surface area contributed by atoms with Gasteiger partial charge in [0.1, 0.15) is 5.41 Å². The normalized spacial score (nSPS) is 14.9. The fraction of sp³-hybridized carbons (Fsp3) is 0.333. The smallest absolute Gasteiger partial charge is 0.316 e. The molecule has 2 N–H and O–H groups in total. The molecule has 1 unspecified atom stereocenters. The van der Waals surface area contributed by atoms with Crippen LogP contribution in [-0.4, -0.2) is 27.8 Å². The number of aliphatic hydroxyl groups excluding tert-OH is 1. The first-order chi connectivity index (χ1) is 6.11. The minimum Gasteiger partial charge on any atom is -0.481 e. The van der Waals surface area contributed by atoms with E-state index in [1.165, 1.54) is 19.3 Å². The SMILES string of the molecule is CC(CO)(C(=O)O)c1ccncc1. The zero-order valence-electron chi connectivity index (χ0n) is 7.27. The van der Waals surface area contributed by atoms with Gasteiger partial charge >= 0.3 is 5.97 Å². The number of nitrogens with zero attached hydrogens (tertiary/aromatic N) is 1. The standard InChI is InChI=1S/C9H11NO3/c1-9(6-11,8(12)13)7-2-4-10-5-3-7/h2-5,11H,6H2,1H3,(H,12,13). The van der Waals surface area contributed by atoms with E-state index in [0.29, 0.717) is 5.56 Å². The second-order valence-electron chi connectivity index (χ2n) is 3.03. The molecule has 0 saturated heterocycles. The maximum absolute atomic E-state index is 10.9. The molecule has 0 aliphatic heterocycles. The molecule has 0 aliphatic carbocycles. The van der Waals surface area contributed by atoms with Crippen LogP contribution in [0.15, 0.2) is 24.5 Å². The molecule has 1 aromatic heterocycles. The van der Waals surface area contributed by atoms with Crippen molar-refractivity contribution in [1.29, 1.82) is 0 Å². The van der Waals surface area contributed by atoms with E-state index in [-0.39, 0.29) is 0 Å². The van der Waals surface area contributed by atoms with Crippen molar-refractivity contribution in [2.75, 3.05) is 6.61 Å². The molecule has 1 aromatic rings. The minimum atomic E-state index is -1.23. The van der Waals surface area contributed by atoms with E-state index in [9.17, 15) is 4.79 Å². The Morgan fingerprint density at radius 3 is 2.46 bits per heavy atom. The Morgan fingerprint density at radius 1 is 1.54 bits per heavy atom. The minimum absolute atomic E-state index is 0.424. The highest BCUT2D eigenvalue weighted by Crippen LogP contribution is 2.22. The summed E-state index contributed by atoms with van der Waals surface area (Å²) in [5.74, 6) is -1.04. The van der Waals surface area contributed by atoms with Crippen LogP contribution in [0.3, 0.4) is 0 Å². The van der Waals surface area contributed by atoms with Crippen molar-refractivity contribution in [2.24, 2.45) is 0 Å². The zero-order valence-corrected chi connectivity index (χ0v) is 7.27. The molecule has 1 rings (SSSR count). The Kier molecular flexibility index (Phi) is 2.63. The molecular weight excluding hydrogens is 170 g/mol. The summed E-state index contributed by atoms with van der Waals surface area (Å²) in [4.78, 5) is 14.7. The molecule has 0 radical (unpaired) electrons. The van der Waals surface area contributed by atoms with E-state index in [4.69, 9.17) is 10.2 Å². The predicted molar refractivity (Wildman–Crippen MR) is 46.3 cm³/mol. The number of rotatable bonds is 3. The van der Waals surface area contributed by atoms with E-state index >= 15 is 0 Å². The third-order valence-electron chi connectivity index (χ3n) is 2.11. The average molecular weight is 181 g/mol. The molecule has 0 aliphatic rings. The van der Waals surface area contributed by atoms with E-state index < -0.39 is 18.0 Å². The fourth-order valence-corrected chi connectivity index (χ4v) is 1.00. The molecule has 0 bridgehead atoms. The molecule has 4 nitrogen and oxygen atoms in total. The Hall–Kier alpha value is -1.42. The van der Waals surface area contributed by atoms with Crippen molar-refractivity contribution in [2.45, 2.75) is 12.3 Å². The van der Waals surface area contributed by atoms with Gasteiger partial charge in [0, 0.05) is 12.4 Å². The lowest BCUT2D eigenvalue weighted by Gasteiger charge is -2.21. The van der Waals surface area contributed by atoms with Gasteiger partial charge in [0.2, 0.25) is 0 Å². The number of aromatic nitrogens is 1. The molecule has 1 heterocycles. The number of hydrogen-bond donors (Lipinski definition) is 2. The predicted octanol–water partition coefficient (Wildman–Crippen LogP) is 0.416. The molecule has 0 amide bonds. The molecule has 0 aromatic carbocycles. The van der Waals surface area contributed by atoms with Gasteiger partial charge in [-0.05, 0) is 24.6 Å². The number of carboxylic acids is 1. The van der Waals surface area contributed by atoms with Crippen LogP contribution in [0.4, 0.5) is 0 Å². The maximum atomic E-state index is 10.9. The van der Waals surface area contributed by atoms with Crippen LogP contribution in [0.5, 0.6) is 0 Å². The first-order valence-electron chi connectivity index (χ1n) is 3.86. The maximum Gasteiger partial charge on any atom is 0.316 e. The lowest BCUT2D eigenvalue weighted by molar-refractivity contribution is -0.144. The number of pyridine rings is 1. The molecule has 70 valence electrons. The van der Waals surface area contributed by atoms with Gasteiger partial charge in [0.05, 0.1) is 6.61 Å². The lowest BCUT2D eigenvalue weighted by Crippen LogP contribution is -2.36. The van der Waals surface area contributed by atoms with Crippen LogP contribution in [0.1, 0.15) is 12.5 Å². The molecular formula is C9H11NO3. The number of carboxylic acid groups (broad SMARTS) is 1. The fourth-order valence-electron chi connectivity index (χ4n) is 1.00. The zero-order chi connectivity index (χ0) is 9.90. The molecule has 0 spiro atoms. The van der Waals surface area contributed by atoms with Crippen LogP contribution in [-0.2, 0) is 10.2 Å². The first kappa shape index (κ1) is 9.67. The number of hydrogen-bond acceptors (Lipinski definition) is 3. The number of aliphatic hydroxyl groups is 1. The molecule has 1 atom stereocenters. The monoisotopic (exact) mass is 181 g/mol. The van der Waals surface area contributed by atoms with Crippen LogP contribution in [0.2, 0.25) is 0 Å². The molecule has 0 saturated carbocycles. The molecule has 4 heteroatoms. The Bertz CT molecular complexity index is 299. The third-order valence-corrected chi connectivity index (χ3v) is 2.11. The summed E-state index contributed by atoms with van der Waals surface area (Å²) < 4.78 is 0. The Labute approximate surface area is 75.9 Å². The Morgan fingerprint density at radius 2 is 2.08 bits per heavy atom. The molecule has 13 heavy (non-hydrogen) atoms. The summed E-state index contributed by atoms with van der Waals surface area (Å²) >= 11 is 0. The van der Waals surface area contributed by atoms with Gasteiger partial charge in [0.25, 0.3) is 0 Å². The first-order valence-corrected chi connectivity index (χ1v) is 3.86.